The molecule has 0 saturated carbocycles. The van der Waals surface area contributed by atoms with Crippen molar-refractivity contribution >= 4 is 11.9 Å². The van der Waals surface area contributed by atoms with Gasteiger partial charge in [0.1, 0.15) is 5.75 Å². The summed E-state index contributed by atoms with van der Waals surface area (Å²) >= 11 is 0. The Hall–Kier alpha value is -2.08. The van der Waals surface area contributed by atoms with Crippen molar-refractivity contribution in [3.05, 3.63) is 29.8 Å². The second-order valence-electron chi connectivity index (χ2n) is 3.99. The minimum atomic E-state index is -1.82. The topological polar surface area (TPSA) is 95.9 Å². The van der Waals surface area contributed by atoms with E-state index in [0.717, 1.165) is 12.3 Å². The molecule has 0 atom stereocenters. The second-order valence-corrected chi connectivity index (χ2v) is 3.99. The average Bonchev–Trinajstić information content (AvgIpc) is 2.37. The lowest BCUT2D eigenvalue weighted by Gasteiger charge is -2.08. The summed E-state index contributed by atoms with van der Waals surface area (Å²) in [5, 5.41) is 18.1. The van der Waals surface area contributed by atoms with Gasteiger partial charge in [0, 0.05) is 12.6 Å². The van der Waals surface area contributed by atoms with Crippen molar-refractivity contribution in [2.24, 2.45) is 0 Å². The van der Waals surface area contributed by atoms with Crippen molar-refractivity contribution in [1.29, 1.82) is 0 Å². The van der Waals surface area contributed by atoms with Crippen LogP contribution in [0.4, 0.5) is 0 Å². The van der Waals surface area contributed by atoms with Crippen LogP contribution in [-0.2, 0) is 16.1 Å². The number of hydrogen-bond acceptors (Lipinski definition) is 4. The van der Waals surface area contributed by atoms with E-state index in [2.05, 4.69) is 31.3 Å². The monoisotopic (exact) mass is 269 g/mol. The van der Waals surface area contributed by atoms with Crippen LogP contribution in [0.15, 0.2) is 24.3 Å². The Balaban J connectivity index is 0.000000459. The van der Waals surface area contributed by atoms with Crippen molar-refractivity contribution in [3.8, 4) is 5.75 Å². The molecule has 0 heterocycles. The molecule has 0 spiro atoms. The van der Waals surface area contributed by atoms with Gasteiger partial charge in [-0.1, -0.05) is 26.0 Å². The van der Waals surface area contributed by atoms with Gasteiger partial charge in [-0.15, -0.1) is 0 Å². The molecule has 106 valence electrons. The molecule has 0 aromatic heterocycles. The van der Waals surface area contributed by atoms with Crippen LogP contribution in [0, 0.1) is 0 Å². The van der Waals surface area contributed by atoms with Crippen molar-refractivity contribution in [3.63, 3.8) is 0 Å². The molecule has 6 heteroatoms. The van der Waals surface area contributed by atoms with Gasteiger partial charge in [-0.25, -0.2) is 9.59 Å². The van der Waals surface area contributed by atoms with Crippen molar-refractivity contribution in [2.45, 2.75) is 26.4 Å². The van der Waals surface area contributed by atoms with Crippen molar-refractivity contribution < 1.29 is 24.5 Å². The number of hydrogen-bond donors (Lipinski definition) is 3. The molecule has 0 bridgehead atoms. The summed E-state index contributed by atoms with van der Waals surface area (Å²) in [6, 6.07) is 8.65. The van der Waals surface area contributed by atoms with E-state index in [1.165, 1.54) is 5.56 Å². The van der Waals surface area contributed by atoms with Gasteiger partial charge in [-0.2, -0.15) is 0 Å². The number of carboxylic acid groups (broad SMARTS) is 2. The zero-order valence-corrected chi connectivity index (χ0v) is 11.2. The maximum atomic E-state index is 9.10. The van der Waals surface area contributed by atoms with E-state index in [9.17, 15) is 0 Å². The molecular weight excluding hydrogens is 250 g/mol. The molecule has 0 aliphatic carbocycles. The minimum absolute atomic E-state index is 0.530. The summed E-state index contributed by atoms with van der Waals surface area (Å²) in [7, 11) is 1.68. The van der Waals surface area contributed by atoms with Gasteiger partial charge in [-0.05, 0) is 17.7 Å². The number of aliphatic carboxylic acids is 2. The van der Waals surface area contributed by atoms with Gasteiger partial charge in [-0.3, -0.25) is 0 Å². The summed E-state index contributed by atoms with van der Waals surface area (Å²) < 4.78 is 5.07. The first kappa shape index (κ1) is 16.9. The van der Waals surface area contributed by atoms with Gasteiger partial charge >= 0.3 is 11.9 Å². The lowest BCUT2D eigenvalue weighted by Crippen LogP contribution is -2.21. The maximum Gasteiger partial charge on any atom is 0.414 e. The summed E-state index contributed by atoms with van der Waals surface area (Å²) in [6.07, 6.45) is 0. The third-order valence-corrected chi connectivity index (χ3v) is 2.06. The first-order valence-electron chi connectivity index (χ1n) is 5.69. The molecule has 1 aromatic rings. The third-order valence-electron chi connectivity index (χ3n) is 2.06. The molecule has 6 nitrogen and oxygen atoms in total. The fourth-order valence-corrected chi connectivity index (χ4v) is 1.07. The van der Waals surface area contributed by atoms with Crippen molar-refractivity contribution in [1.82, 2.24) is 5.32 Å². The largest absolute Gasteiger partial charge is 0.497 e. The van der Waals surface area contributed by atoms with E-state index in [1.54, 1.807) is 7.11 Å². The fourth-order valence-electron chi connectivity index (χ4n) is 1.07. The molecule has 0 aliphatic rings. The Morgan fingerprint density at radius 2 is 1.63 bits per heavy atom. The molecule has 0 radical (unpaired) electrons. The second kappa shape index (κ2) is 8.93. The Bertz CT molecular complexity index is 388. The minimum Gasteiger partial charge on any atom is -0.497 e. The van der Waals surface area contributed by atoms with E-state index in [-0.39, 0.29) is 0 Å². The molecule has 0 unspecified atom stereocenters. The Morgan fingerprint density at radius 1 is 1.16 bits per heavy atom. The highest BCUT2D eigenvalue weighted by molar-refractivity contribution is 6.27. The molecule has 1 aromatic carbocycles. The molecule has 0 amide bonds. The van der Waals surface area contributed by atoms with E-state index < -0.39 is 11.9 Å². The number of benzene rings is 1. The Kier molecular flexibility index (Phi) is 7.95. The van der Waals surface area contributed by atoms with Crippen LogP contribution in [0.25, 0.3) is 0 Å². The SMILES string of the molecule is COc1ccc(CNC(C)C)cc1.O=C(O)C(=O)O. The standard InChI is InChI=1S/C11H17NO.C2H2O4/c1-9(2)12-8-10-4-6-11(13-3)7-5-10;3-1(4)2(5)6/h4-7,9,12H,8H2,1-3H3;(H,3,4)(H,5,6). The van der Waals surface area contributed by atoms with E-state index in [1.807, 2.05) is 12.1 Å². The molecule has 1 rings (SSSR count). The fraction of sp³-hybridized carbons (Fsp3) is 0.385. The van der Waals surface area contributed by atoms with Gasteiger partial charge in [0.2, 0.25) is 0 Å². The molecular formula is C13H19NO5. The number of carboxylic acids is 2. The van der Waals surface area contributed by atoms with Crippen LogP contribution in [0.2, 0.25) is 0 Å². The number of carbonyl (C=O) groups is 2. The smallest absolute Gasteiger partial charge is 0.414 e. The van der Waals surface area contributed by atoms with E-state index in [4.69, 9.17) is 24.5 Å². The Labute approximate surface area is 112 Å². The molecule has 19 heavy (non-hydrogen) atoms. The molecule has 0 saturated heterocycles. The predicted molar refractivity (Wildman–Crippen MR) is 70.2 cm³/mol. The zero-order chi connectivity index (χ0) is 14.8. The van der Waals surface area contributed by atoms with Crippen LogP contribution >= 0.6 is 0 Å². The zero-order valence-electron chi connectivity index (χ0n) is 11.2. The van der Waals surface area contributed by atoms with Crippen LogP contribution < -0.4 is 10.1 Å². The van der Waals surface area contributed by atoms with Gasteiger partial charge in [0.15, 0.2) is 0 Å². The van der Waals surface area contributed by atoms with Gasteiger partial charge in [0.25, 0.3) is 0 Å². The van der Waals surface area contributed by atoms with Crippen LogP contribution in [0.3, 0.4) is 0 Å². The first-order valence-corrected chi connectivity index (χ1v) is 5.69. The third kappa shape index (κ3) is 8.62. The lowest BCUT2D eigenvalue weighted by atomic mass is 10.2. The number of nitrogens with one attached hydrogen (secondary N) is 1. The highest BCUT2D eigenvalue weighted by atomic mass is 16.5. The molecule has 3 N–H and O–H groups in total. The summed E-state index contributed by atoms with van der Waals surface area (Å²) in [4.78, 5) is 18.2. The van der Waals surface area contributed by atoms with Crippen LogP contribution in [0.1, 0.15) is 19.4 Å². The summed E-state index contributed by atoms with van der Waals surface area (Å²) in [5.74, 6) is -2.74. The van der Waals surface area contributed by atoms with Gasteiger partial charge < -0.3 is 20.3 Å². The van der Waals surface area contributed by atoms with E-state index >= 15 is 0 Å². The maximum absolute atomic E-state index is 9.10. The Morgan fingerprint density at radius 3 is 1.95 bits per heavy atom. The summed E-state index contributed by atoms with van der Waals surface area (Å²) in [5.41, 5.74) is 1.29. The quantitative estimate of drug-likeness (QED) is 0.714. The lowest BCUT2D eigenvalue weighted by molar-refractivity contribution is -0.159. The first-order chi connectivity index (χ1) is 8.86. The van der Waals surface area contributed by atoms with Crippen LogP contribution in [0.5, 0.6) is 5.75 Å². The van der Waals surface area contributed by atoms with Crippen LogP contribution in [-0.4, -0.2) is 35.3 Å². The number of ether oxygens (including phenoxy) is 1. The highest BCUT2D eigenvalue weighted by Gasteiger charge is 2.04. The highest BCUT2D eigenvalue weighted by Crippen LogP contribution is 2.10. The molecule has 0 fully saturated rings. The summed E-state index contributed by atoms with van der Waals surface area (Å²) in [6.45, 7) is 5.20. The number of rotatable bonds is 4. The van der Waals surface area contributed by atoms with Gasteiger partial charge in [0.05, 0.1) is 7.11 Å². The van der Waals surface area contributed by atoms with E-state index in [0.29, 0.717) is 6.04 Å². The normalized spacial score (nSPS) is 9.47. The molecule has 0 aliphatic heterocycles. The van der Waals surface area contributed by atoms with Crippen molar-refractivity contribution in [2.75, 3.05) is 7.11 Å². The predicted octanol–water partition coefficient (Wildman–Crippen LogP) is 1.35. The number of methoxy groups -OCH3 is 1. The average molecular weight is 269 g/mol.